The number of nitrogens with one attached hydrogen (secondary N) is 3. The monoisotopic (exact) mass is 1380 g/mol. The summed E-state index contributed by atoms with van der Waals surface area (Å²) < 4.78 is 57.4. The van der Waals surface area contributed by atoms with Gasteiger partial charge in [-0.15, -0.1) is 0 Å². The summed E-state index contributed by atoms with van der Waals surface area (Å²) >= 11 is 0. The molecule has 1 unspecified atom stereocenters. The molecule has 0 spiro atoms. The van der Waals surface area contributed by atoms with E-state index in [0.717, 1.165) is 43.4 Å². The lowest BCUT2D eigenvalue weighted by atomic mass is 9.48. The van der Waals surface area contributed by atoms with E-state index in [1.807, 2.05) is 95.2 Å². The van der Waals surface area contributed by atoms with E-state index in [2.05, 4.69) is 34.7 Å². The second-order valence-electron chi connectivity index (χ2n) is 29.3. The molecule has 7 rings (SSSR count). The number of aliphatic hydroxyl groups is 1. The number of hydrogen-bond acceptors (Lipinski definition) is 23. The van der Waals surface area contributed by atoms with Gasteiger partial charge in [0.2, 0.25) is 5.91 Å². The summed E-state index contributed by atoms with van der Waals surface area (Å²) in [6, 6.07) is 11.2. The highest BCUT2D eigenvalue weighted by Crippen LogP contribution is 2.58. The van der Waals surface area contributed by atoms with Crippen LogP contribution in [0.1, 0.15) is 125 Å². The summed E-state index contributed by atoms with van der Waals surface area (Å²) in [5.74, 6) is -0.879. The Kier molecular flexibility index (Phi) is 32.4. The quantitative estimate of drug-likeness (QED) is 0.0152. The first-order chi connectivity index (χ1) is 46.4. The van der Waals surface area contributed by atoms with Crippen LogP contribution in [0.15, 0.2) is 53.2 Å². The van der Waals surface area contributed by atoms with Crippen molar-refractivity contribution in [2.75, 3.05) is 177 Å². The predicted octanol–water partition coefficient (Wildman–Crippen LogP) is 5.84. The smallest absolute Gasteiger partial charge is 0.330 e. The van der Waals surface area contributed by atoms with E-state index < -0.39 is 40.5 Å². The highest BCUT2D eigenvalue weighted by molar-refractivity contribution is 6.16. The van der Waals surface area contributed by atoms with Crippen molar-refractivity contribution >= 4 is 46.8 Å². The number of anilines is 1. The first-order valence-corrected chi connectivity index (χ1v) is 35.0. The van der Waals surface area contributed by atoms with Crippen LogP contribution in [0.25, 0.3) is 0 Å². The van der Waals surface area contributed by atoms with Crippen LogP contribution < -0.4 is 31.2 Å². The highest BCUT2D eigenvalue weighted by atomic mass is 16.6. The van der Waals surface area contributed by atoms with Gasteiger partial charge in [0.25, 0.3) is 5.91 Å². The number of benzene rings is 2. The van der Waals surface area contributed by atoms with Gasteiger partial charge in [0.15, 0.2) is 6.29 Å². The number of esters is 2. The number of carboxylic acid groups (broad SMARTS) is 1. The van der Waals surface area contributed by atoms with E-state index in [-0.39, 0.29) is 67.5 Å². The predicted molar refractivity (Wildman–Crippen MR) is 374 cm³/mol. The van der Waals surface area contributed by atoms with Gasteiger partial charge in [0, 0.05) is 77.7 Å². The second-order valence-corrected chi connectivity index (χ2v) is 29.3. The van der Waals surface area contributed by atoms with E-state index in [1.54, 1.807) is 32.4 Å². The molecule has 4 saturated carbocycles. The minimum absolute atomic E-state index is 0.0426. The molecule has 0 radical (unpaired) electrons. The summed E-state index contributed by atoms with van der Waals surface area (Å²) in [5.41, 5.74) is 6.44. The Hall–Kier alpha value is -6.04. The Bertz CT molecular complexity index is 2860. The zero-order chi connectivity index (χ0) is 71.6. The van der Waals surface area contributed by atoms with E-state index in [4.69, 9.17) is 58.1 Å². The Morgan fingerprint density at radius 1 is 0.622 bits per heavy atom. The lowest BCUT2D eigenvalue weighted by molar-refractivity contribution is -0.174. The highest BCUT2D eigenvalue weighted by Gasteiger charge is 2.62. The SMILES string of the molecule is COc1cccc(OC)c1C(C=C(N)C(=O)NC1(C(=O)O)C2CC3CC(C2)CC1C3)=Nc1ccc(NCCOCCOCCOCCOCCOCCNC(=O)CN2CCN(CC(=O)OC(C)(C)C)CCN(CC(=O)OC(C)(C)C)CCN(CC(O)OC(C)(C)C)CC2)cc1C(C)C. The molecule has 2 amide bonds. The number of ether oxygens (including phenoxy) is 10. The topological polar surface area (TPSA) is 306 Å². The number of allylic oxidation sites excluding steroid dienone is 1. The maximum Gasteiger partial charge on any atom is 0.330 e. The molecular weight excluding hydrogens is 1260 g/mol. The minimum atomic E-state index is -1.37. The summed E-state index contributed by atoms with van der Waals surface area (Å²) in [7, 11) is 3.08. The number of aliphatic carboxylic acids is 1. The Morgan fingerprint density at radius 2 is 1.07 bits per heavy atom. The van der Waals surface area contributed by atoms with Crippen molar-refractivity contribution in [3.63, 3.8) is 0 Å². The third-order valence-corrected chi connectivity index (χ3v) is 17.6. The molecule has 552 valence electrons. The van der Waals surface area contributed by atoms with Gasteiger partial charge in [-0.3, -0.25) is 38.8 Å². The van der Waals surface area contributed by atoms with Crippen molar-refractivity contribution in [2.45, 2.75) is 143 Å². The van der Waals surface area contributed by atoms with Crippen LogP contribution in [0.5, 0.6) is 11.5 Å². The fraction of sp³-hybridized carbons (Fsp3) is 0.722. The number of nitrogens with two attached hydrogens (primary N) is 1. The molecule has 2 aromatic rings. The van der Waals surface area contributed by atoms with Crippen LogP contribution in [0.4, 0.5) is 11.4 Å². The average molecular weight is 1380 g/mol. The molecule has 1 heterocycles. The van der Waals surface area contributed by atoms with Crippen LogP contribution in [-0.4, -0.2) is 266 Å². The van der Waals surface area contributed by atoms with Crippen LogP contribution in [0, 0.1) is 23.7 Å². The van der Waals surface area contributed by atoms with Crippen LogP contribution in [-0.2, 0) is 61.9 Å². The largest absolute Gasteiger partial charge is 0.496 e. The molecular formula is C72H117N9O17. The lowest BCUT2D eigenvalue weighted by Gasteiger charge is -2.59. The third-order valence-electron chi connectivity index (χ3n) is 17.6. The number of amides is 2. The molecule has 5 aliphatic rings. The van der Waals surface area contributed by atoms with Crippen molar-refractivity contribution in [3.8, 4) is 11.5 Å². The summed E-state index contributed by atoms with van der Waals surface area (Å²) in [5, 5.41) is 31.0. The zero-order valence-electron chi connectivity index (χ0n) is 60.8. The molecule has 4 aliphatic carbocycles. The molecule has 5 fully saturated rings. The molecule has 7 N–H and O–H groups in total. The van der Waals surface area contributed by atoms with Crippen LogP contribution in [0.2, 0.25) is 0 Å². The number of hydrogen-bond donors (Lipinski definition) is 6. The number of β-amino-alcohol motifs (C(OH)–C–C–N with tert-alkyl or cyclic N) is 1. The van der Waals surface area contributed by atoms with Gasteiger partial charge in [-0.25, -0.2) is 9.79 Å². The first kappa shape index (κ1) is 80.9. The molecule has 2 aromatic carbocycles. The molecule has 26 nitrogen and oxygen atoms in total. The first-order valence-electron chi connectivity index (χ1n) is 35.0. The van der Waals surface area contributed by atoms with Crippen molar-refractivity contribution in [1.29, 1.82) is 0 Å². The minimum Gasteiger partial charge on any atom is -0.496 e. The summed E-state index contributed by atoms with van der Waals surface area (Å²) in [6.45, 7) is 29.6. The standard InChI is InChI=1S/C72H117N9O17/c1-50(2)56-44-55(17-18-58(56)76-59(66-60(89-12)15-14-16-61(66)90-13)45-57(73)67(86)77-72(68(87)88)53-40-51-39-52(42-53)43-54(72)41-51)74-19-29-91-31-33-93-35-37-95-38-36-94-34-32-92-30-20-75-62(82)46-78-21-23-79(47-63(83)96-69(3,4)5)25-27-81(49-65(85)98-71(9,10)11)28-26-80(24-22-78)48-64(84)97-70(6,7)8/h14-18,44-45,50-54,63,74,83H,19-43,46-49,73H2,1-13H3,(H,75,82)(H,77,86)(H,87,88). The maximum absolute atomic E-state index is 14.1. The van der Waals surface area contributed by atoms with Gasteiger partial charge in [0.05, 0.1) is 128 Å². The Balaban J connectivity index is 0.867. The second kappa shape index (κ2) is 39.2. The van der Waals surface area contributed by atoms with Gasteiger partial charge >= 0.3 is 17.9 Å². The molecule has 26 heteroatoms. The van der Waals surface area contributed by atoms with E-state index in [0.29, 0.717) is 172 Å². The van der Waals surface area contributed by atoms with Crippen LogP contribution >= 0.6 is 0 Å². The zero-order valence-corrected chi connectivity index (χ0v) is 60.8. The number of carbonyl (C=O) groups excluding carboxylic acids is 4. The van der Waals surface area contributed by atoms with E-state index in [1.165, 1.54) is 6.08 Å². The Morgan fingerprint density at radius 3 is 1.51 bits per heavy atom. The average Bonchev–Trinajstić information content (AvgIpc) is 0.720. The lowest BCUT2D eigenvalue weighted by Crippen LogP contribution is -2.70. The Labute approximate surface area is 581 Å². The van der Waals surface area contributed by atoms with Crippen molar-refractivity contribution in [2.24, 2.45) is 34.4 Å². The maximum atomic E-state index is 14.1. The van der Waals surface area contributed by atoms with Gasteiger partial charge < -0.3 is 79.3 Å². The van der Waals surface area contributed by atoms with Crippen LogP contribution in [0.3, 0.4) is 0 Å². The van der Waals surface area contributed by atoms with Gasteiger partial charge in [-0.1, -0.05) is 19.9 Å². The van der Waals surface area contributed by atoms with Crippen molar-refractivity contribution in [1.82, 2.24) is 30.2 Å². The van der Waals surface area contributed by atoms with E-state index in [9.17, 15) is 34.2 Å². The molecule has 1 atom stereocenters. The van der Waals surface area contributed by atoms with Crippen molar-refractivity contribution in [3.05, 3.63) is 59.3 Å². The summed E-state index contributed by atoms with van der Waals surface area (Å²) in [4.78, 5) is 80.0. The van der Waals surface area contributed by atoms with Gasteiger partial charge in [-0.05, 0) is 166 Å². The van der Waals surface area contributed by atoms with Crippen molar-refractivity contribution < 1.29 is 81.6 Å². The number of methoxy groups -OCH3 is 2. The fourth-order valence-electron chi connectivity index (χ4n) is 13.4. The number of aliphatic hydroxyl groups excluding tert-OH is 1. The molecule has 98 heavy (non-hydrogen) atoms. The summed E-state index contributed by atoms with van der Waals surface area (Å²) in [6.07, 6.45) is 4.71. The normalized spacial score (nSPS) is 21.5. The third kappa shape index (κ3) is 27.5. The van der Waals surface area contributed by atoms with Gasteiger partial charge in [-0.2, -0.15) is 0 Å². The molecule has 1 aliphatic heterocycles. The van der Waals surface area contributed by atoms with Gasteiger partial charge in [0.1, 0.15) is 28.2 Å². The molecule has 1 saturated heterocycles. The number of rotatable bonds is 37. The molecule has 4 bridgehead atoms. The molecule has 0 aromatic heterocycles. The fourth-order valence-corrected chi connectivity index (χ4v) is 13.4. The number of nitrogens with zero attached hydrogens (tertiary/aromatic N) is 5. The number of aliphatic imine (C=N–C) groups is 1. The van der Waals surface area contributed by atoms with E-state index >= 15 is 0 Å². The number of carboxylic acids is 1. The number of carbonyl (C=O) groups is 5.